The van der Waals surface area contributed by atoms with E-state index in [0.717, 1.165) is 0 Å². The number of nitrogens with zero attached hydrogens (tertiary/aromatic N) is 3. The summed E-state index contributed by atoms with van der Waals surface area (Å²) in [4.78, 5) is 30.6. The number of ether oxygens (including phenoxy) is 3. The molecule has 0 saturated heterocycles. The van der Waals surface area contributed by atoms with E-state index in [1.807, 2.05) is 18.2 Å². The summed E-state index contributed by atoms with van der Waals surface area (Å²) in [6, 6.07) is 18.7. The summed E-state index contributed by atoms with van der Waals surface area (Å²) in [7, 11) is 4.79. The summed E-state index contributed by atoms with van der Waals surface area (Å²) in [5.41, 5.74) is 1.62. The first kappa shape index (κ1) is 25.4. The van der Waals surface area contributed by atoms with Gasteiger partial charge >= 0.3 is 0 Å². The van der Waals surface area contributed by atoms with Crippen molar-refractivity contribution in [1.82, 2.24) is 14.3 Å². The number of pyridine rings is 1. The molecule has 2 N–H and O–H groups in total. The maximum Gasteiger partial charge on any atom is 0.284 e. The second-order valence-corrected chi connectivity index (χ2v) is 8.71. The Labute approximate surface area is 223 Å². The van der Waals surface area contributed by atoms with Crippen LogP contribution in [0.4, 0.5) is 5.69 Å². The lowest BCUT2D eigenvalue weighted by Crippen LogP contribution is -2.25. The zero-order valence-electron chi connectivity index (χ0n) is 21.8. The molecule has 0 spiro atoms. The van der Waals surface area contributed by atoms with Crippen LogP contribution in [0, 0.1) is 6.92 Å². The van der Waals surface area contributed by atoms with E-state index >= 15 is 0 Å². The number of hydrogen-bond acceptors (Lipinski definition) is 7. The second kappa shape index (κ2) is 10.3. The zero-order valence-corrected chi connectivity index (χ0v) is 21.8. The third-order valence-electron chi connectivity index (χ3n) is 6.42. The molecule has 1 amide bonds. The van der Waals surface area contributed by atoms with Crippen LogP contribution in [0.2, 0.25) is 0 Å². The number of hydrogen-bond donors (Lipinski definition) is 2. The third-order valence-corrected chi connectivity index (χ3v) is 6.42. The molecule has 2 aromatic heterocycles. The lowest BCUT2D eigenvalue weighted by atomic mass is 10.1. The standard InChI is InChI=1S/C29H26N4O6/c1-17-27(29(36)33(32(17)2)19-8-6-5-7-9-19)28(35)31-18-10-11-24(22(34)14-18)39-23-12-13-30-21-16-26(38-4)25(37-3)15-20(21)23/h5-16,34H,1-4H3,(H,31,35). The molecule has 5 aromatic rings. The number of fused-ring (bicyclic) bond motifs is 1. The lowest BCUT2D eigenvalue weighted by molar-refractivity contribution is 0.102. The minimum Gasteiger partial charge on any atom is -0.504 e. The Bertz CT molecular complexity index is 1760. The normalized spacial score (nSPS) is 10.9. The molecule has 10 heteroatoms. The number of nitrogens with one attached hydrogen (secondary N) is 1. The predicted molar refractivity (Wildman–Crippen MR) is 147 cm³/mol. The van der Waals surface area contributed by atoms with Gasteiger partial charge in [-0.05, 0) is 43.3 Å². The van der Waals surface area contributed by atoms with Crippen molar-refractivity contribution in [3.8, 4) is 34.4 Å². The molecule has 0 radical (unpaired) electrons. The van der Waals surface area contributed by atoms with Gasteiger partial charge in [-0.3, -0.25) is 19.3 Å². The van der Waals surface area contributed by atoms with Gasteiger partial charge in [-0.25, -0.2) is 4.68 Å². The van der Waals surface area contributed by atoms with E-state index < -0.39 is 11.5 Å². The molecular formula is C29H26N4O6. The highest BCUT2D eigenvalue weighted by Crippen LogP contribution is 2.39. The molecule has 10 nitrogen and oxygen atoms in total. The number of aromatic hydroxyl groups is 1. The molecule has 5 rings (SSSR count). The molecule has 39 heavy (non-hydrogen) atoms. The fraction of sp³-hybridized carbons (Fsp3) is 0.138. The maximum atomic E-state index is 13.2. The Balaban J connectivity index is 1.41. The molecule has 198 valence electrons. The van der Waals surface area contributed by atoms with Crippen LogP contribution in [0.5, 0.6) is 28.7 Å². The lowest BCUT2D eigenvalue weighted by Gasteiger charge is -2.13. The van der Waals surface area contributed by atoms with Crippen LogP contribution in [0.25, 0.3) is 16.6 Å². The van der Waals surface area contributed by atoms with Crippen molar-refractivity contribution in [3.05, 3.63) is 94.5 Å². The first-order valence-electron chi connectivity index (χ1n) is 12.0. The largest absolute Gasteiger partial charge is 0.504 e. The molecule has 0 aliphatic carbocycles. The molecular weight excluding hydrogens is 500 g/mol. The number of aromatic nitrogens is 3. The third kappa shape index (κ3) is 4.63. The molecule has 0 aliphatic rings. The van der Waals surface area contributed by atoms with Crippen molar-refractivity contribution in [1.29, 1.82) is 0 Å². The van der Waals surface area contributed by atoms with Crippen molar-refractivity contribution in [2.45, 2.75) is 6.92 Å². The van der Waals surface area contributed by atoms with Gasteiger partial charge in [0.05, 0.1) is 31.1 Å². The van der Waals surface area contributed by atoms with Crippen LogP contribution in [-0.2, 0) is 7.05 Å². The van der Waals surface area contributed by atoms with Gasteiger partial charge in [-0.15, -0.1) is 0 Å². The molecule has 2 heterocycles. The van der Waals surface area contributed by atoms with Crippen LogP contribution in [0.3, 0.4) is 0 Å². The molecule has 0 aliphatic heterocycles. The summed E-state index contributed by atoms with van der Waals surface area (Å²) in [5.74, 6) is 0.850. The topological polar surface area (TPSA) is 117 Å². The van der Waals surface area contributed by atoms with Gasteiger partial charge in [0.2, 0.25) is 0 Å². The smallest absolute Gasteiger partial charge is 0.284 e. The van der Waals surface area contributed by atoms with E-state index in [2.05, 4.69) is 10.3 Å². The Morgan fingerprint density at radius 2 is 1.64 bits per heavy atom. The number of carbonyl (C=O) groups is 1. The fourth-order valence-electron chi connectivity index (χ4n) is 4.36. The summed E-state index contributed by atoms with van der Waals surface area (Å²) in [6.45, 7) is 1.70. The predicted octanol–water partition coefficient (Wildman–Crippen LogP) is 4.80. The highest BCUT2D eigenvalue weighted by molar-refractivity contribution is 6.05. The highest BCUT2D eigenvalue weighted by atomic mass is 16.5. The zero-order chi connectivity index (χ0) is 27.7. The molecule has 3 aromatic carbocycles. The van der Waals surface area contributed by atoms with E-state index in [1.165, 1.54) is 23.9 Å². The average Bonchev–Trinajstić information content (AvgIpc) is 3.17. The van der Waals surface area contributed by atoms with Crippen LogP contribution in [-0.4, -0.2) is 39.6 Å². The Morgan fingerprint density at radius 3 is 2.33 bits per heavy atom. The van der Waals surface area contributed by atoms with Crippen LogP contribution < -0.4 is 25.1 Å². The number of amides is 1. The number of phenols is 1. The minimum absolute atomic E-state index is 0.00815. The molecule has 0 bridgehead atoms. The second-order valence-electron chi connectivity index (χ2n) is 8.71. The van der Waals surface area contributed by atoms with Crippen LogP contribution in [0.1, 0.15) is 16.1 Å². The minimum atomic E-state index is -0.586. The van der Waals surface area contributed by atoms with E-state index in [0.29, 0.717) is 45.2 Å². The van der Waals surface area contributed by atoms with Gasteiger partial charge in [0.15, 0.2) is 23.0 Å². The highest BCUT2D eigenvalue weighted by Gasteiger charge is 2.22. The Hall–Kier alpha value is -5.25. The number of carbonyl (C=O) groups excluding carboxylic acids is 1. The van der Waals surface area contributed by atoms with E-state index in [9.17, 15) is 14.7 Å². The summed E-state index contributed by atoms with van der Waals surface area (Å²) >= 11 is 0. The number of rotatable bonds is 7. The SMILES string of the molecule is COc1cc2nccc(Oc3ccc(NC(=O)c4c(C)n(C)n(-c5ccccc5)c4=O)cc3O)c2cc1OC. The summed E-state index contributed by atoms with van der Waals surface area (Å²) < 4.78 is 19.8. The van der Waals surface area contributed by atoms with Gasteiger partial charge in [0, 0.05) is 36.5 Å². The van der Waals surface area contributed by atoms with Crippen molar-refractivity contribution in [2.75, 3.05) is 19.5 Å². The Kier molecular flexibility index (Phi) is 6.68. The molecule has 0 fully saturated rings. The van der Waals surface area contributed by atoms with Gasteiger partial charge in [0.1, 0.15) is 11.3 Å². The van der Waals surface area contributed by atoms with E-state index in [4.69, 9.17) is 14.2 Å². The van der Waals surface area contributed by atoms with Crippen LogP contribution in [0.15, 0.2) is 77.7 Å². The summed E-state index contributed by atoms with van der Waals surface area (Å²) in [5, 5.41) is 14.0. The van der Waals surface area contributed by atoms with Crippen molar-refractivity contribution in [2.24, 2.45) is 7.05 Å². The number of benzene rings is 3. The quantitative estimate of drug-likeness (QED) is 0.313. The number of para-hydroxylation sites is 1. The monoisotopic (exact) mass is 526 g/mol. The number of anilines is 1. The van der Waals surface area contributed by atoms with Crippen molar-refractivity contribution < 1.29 is 24.1 Å². The maximum absolute atomic E-state index is 13.2. The number of methoxy groups -OCH3 is 2. The molecule has 0 saturated carbocycles. The first-order chi connectivity index (χ1) is 18.8. The Morgan fingerprint density at radius 1 is 0.923 bits per heavy atom. The van der Waals surface area contributed by atoms with Crippen molar-refractivity contribution in [3.63, 3.8) is 0 Å². The van der Waals surface area contributed by atoms with Gasteiger partial charge < -0.3 is 24.6 Å². The number of phenolic OH excluding ortho intramolecular Hbond substituents is 1. The fourth-order valence-corrected chi connectivity index (χ4v) is 4.36. The van der Waals surface area contributed by atoms with E-state index in [-0.39, 0.29) is 17.1 Å². The van der Waals surface area contributed by atoms with Crippen molar-refractivity contribution >= 4 is 22.5 Å². The van der Waals surface area contributed by atoms with Crippen LogP contribution >= 0.6 is 0 Å². The van der Waals surface area contributed by atoms with Gasteiger partial charge in [-0.2, -0.15) is 0 Å². The van der Waals surface area contributed by atoms with Gasteiger partial charge in [0.25, 0.3) is 11.5 Å². The summed E-state index contributed by atoms with van der Waals surface area (Å²) in [6.07, 6.45) is 1.58. The van der Waals surface area contributed by atoms with E-state index in [1.54, 1.807) is 68.4 Å². The van der Waals surface area contributed by atoms with Gasteiger partial charge in [-0.1, -0.05) is 18.2 Å². The average molecular weight is 527 g/mol. The first-order valence-corrected chi connectivity index (χ1v) is 12.0. The molecule has 0 atom stereocenters. The molecule has 0 unspecified atom stereocenters.